The van der Waals surface area contributed by atoms with Gasteiger partial charge >= 0.3 is 0 Å². The zero-order valence-electron chi connectivity index (χ0n) is 15.0. The van der Waals surface area contributed by atoms with E-state index in [1.54, 1.807) is 13.2 Å². The molecule has 5 nitrogen and oxygen atoms in total. The topological polar surface area (TPSA) is 62.4 Å². The van der Waals surface area contributed by atoms with E-state index in [2.05, 4.69) is 18.8 Å². The Morgan fingerprint density at radius 2 is 2.04 bits per heavy atom. The molecule has 1 amide bonds. The number of aromatic amines is 1. The van der Waals surface area contributed by atoms with E-state index in [1.807, 2.05) is 17.0 Å². The van der Waals surface area contributed by atoms with Gasteiger partial charge in [-0.15, -0.1) is 0 Å². The molecule has 25 heavy (non-hydrogen) atoms. The highest BCUT2D eigenvalue weighted by atomic mass is 16.5. The molecule has 2 aliphatic heterocycles. The van der Waals surface area contributed by atoms with E-state index in [0.717, 1.165) is 36.0 Å². The van der Waals surface area contributed by atoms with Crippen LogP contribution in [0.4, 0.5) is 0 Å². The summed E-state index contributed by atoms with van der Waals surface area (Å²) in [4.78, 5) is 31.1. The molecule has 5 heteroatoms. The lowest BCUT2D eigenvalue weighted by Crippen LogP contribution is -2.45. The molecule has 1 saturated heterocycles. The number of H-pyrrole nitrogens is 1. The number of nitrogens with one attached hydrogen (secondary N) is 1. The Kier molecular flexibility index (Phi) is 3.63. The number of carbonyl (C=O) groups is 1. The minimum absolute atomic E-state index is 0.0158. The number of benzene rings is 1. The van der Waals surface area contributed by atoms with E-state index in [-0.39, 0.29) is 22.8 Å². The molecule has 4 rings (SSSR count). The van der Waals surface area contributed by atoms with E-state index in [1.165, 1.54) is 0 Å². The summed E-state index contributed by atoms with van der Waals surface area (Å²) in [7, 11) is 1.60. The summed E-state index contributed by atoms with van der Waals surface area (Å²) in [5.74, 6) is 0.828. The summed E-state index contributed by atoms with van der Waals surface area (Å²) in [5.41, 5.74) is 2.56. The van der Waals surface area contributed by atoms with E-state index in [4.69, 9.17) is 4.74 Å². The fourth-order valence-corrected chi connectivity index (χ4v) is 4.76. The zero-order chi connectivity index (χ0) is 17.8. The van der Waals surface area contributed by atoms with E-state index >= 15 is 0 Å². The third-order valence-electron chi connectivity index (χ3n) is 6.40. The molecule has 2 aliphatic rings. The Balaban J connectivity index is 1.96. The molecule has 0 radical (unpaired) electrons. The molecule has 1 unspecified atom stereocenters. The number of rotatable bonds is 3. The van der Waals surface area contributed by atoms with Crippen molar-refractivity contribution in [3.63, 3.8) is 0 Å². The van der Waals surface area contributed by atoms with Crippen LogP contribution in [-0.2, 0) is 11.3 Å². The smallest absolute Gasteiger partial charge is 0.223 e. The van der Waals surface area contributed by atoms with Gasteiger partial charge < -0.3 is 14.6 Å². The summed E-state index contributed by atoms with van der Waals surface area (Å²) in [6.45, 7) is 4.81. The second-order valence-electron chi connectivity index (χ2n) is 7.25. The number of aromatic nitrogens is 1. The molecule has 1 aromatic carbocycles. The van der Waals surface area contributed by atoms with Crippen LogP contribution in [-0.4, -0.2) is 22.9 Å². The van der Waals surface area contributed by atoms with Crippen LogP contribution in [0.5, 0.6) is 5.75 Å². The van der Waals surface area contributed by atoms with Crippen molar-refractivity contribution in [3.05, 3.63) is 39.7 Å². The molecule has 1 atom stereocenters. The van der Waals surface area contributed by atoms with Gasteiger partial charge in [-0.25, -0.2) is 0 Å². The predicted octanol–water partition coefficient (Wildman–Crippen LogP) is 3.52. The first kappa shape index (κ1) is 16.2. The third kappa shape index (κ3) is 2.14. The molecule has 1 N–H and O–H groups in total. The average molecular weight is 340 g/mol. The molecule has 132 valence electrons. The lowest BCUT2D eigenvalue weighted by atomic mass is 9.68. The molecular weight excluding hydrogens is 316 g/mol. The second-order valence-corrected chi connectivity index (χ2v) is 7.25. The summed E-state index contributed by atoms with van der Waals surface area (Å²) in [6, 6.07) is 5.51. The third-order valence-corrected chi connectivity index (χ3v) is 6.40. The number of nitrogens with zero attached hydrogens (tertiary/aromatic N) is 1. The number of hydrogen-bond donors (Lipinski definition) is 1. The van der Waals surface area contributed by atoms with Crippen LogP contribution < -0.4 is 10.2 Å². The van der Waals surface area contributed by atoms with Gasteiger partial charge in [0.2, 0.25) is 5.91 Å². The minimum atomic E-state index is -0.0158. The quantitative estimate of drug-likeness (QED) is 0.930. The second kappa shape index (κ2) is 5.61. The largest absolute Gasteiger partial charge is 0.497 e. The highest BCUT2D eigenvalue weighted by Crippen LogP contribution is 2.54. The monoisotopic (exact) mass is 340 g/mol. The number of pyridine rings is 1. The first-order valence-electron chi connectivity index (χ1n) is 9.07. The SMILES string of the molecule is CCC1(CC)CCC(=O)N2Cc3c([nH]c4ccc(OC)cc4c3=O)C21. The molecule has 2 aromatic rings. The van der Waals surface area contributed by atoms with Crippen molar-refractivity contribution in [2.24, 2.45) is 5.41 Å². The maximum Gasteiger partial charge on any atom is 0.223 e. The number of methoxy groups -OCH3 is 1. The van der Waals surface area contributed by atoms with Gasteiger partial charge in [-0.2, -0.15) is 0 Å². The highest BCUT2D eigenvalue weighted by molar-refractivity contribution is 5.83. The minimum Gasteiger partial charge on any atom is -0.497 e. The van der Waals surface area contributed by atoms with Gasteiger partial charge in [0, 0.05) is 28.6 Å². The van der Waals surface area contributed by atoms with Gasteiger partial charge in [0.1, 0.15) is 5.75 Å². The Morgan fingerprint density at radius 1 is 1.28 bits per heavy atom. The Labute approximate surface area is 147 Å². The van der Waals surface area contributed by atoms with Crippen molar-refractivity contribution in [1.29, 1.82) is 0 Å². The van der Waals surface area contributed by atoms with Gasteiger partial charge in [-0.05, 0) is 42.9 Å². The van der Waals surface area contributed by atoms with Crippen molar-refractivity contribution in [2.45, 2.75) is 52.1 Å². The zero-order valence-corrected chi connectivity index (χ0v) is 15.0. The van der Waals surface area contributed by atoms with Crippen LogP contribution in [0.1, 0.15) is 56.8 Å². The van der Waals surface area contributed by atoms with Crippen molar-refractivity contribution in [1.82, 2.24) is 9.88 Å². The normalized spacial score (nSPS) is 21.3. The van der Waals surface area contributed by atoms with Crippen molar-refractivity contribution >= 4 is 16.8 Å². The molecule has 1 fully saturated rings. The van der Waals surface area contributed by atoms with E-state index in [0.29, 0.717) is 24.1 Å². The number of amides is 1. The molecule has 0 aliphatic carbocycles. The van der Waals surface area contributed by atoms with Gasteiger partial charge in [0.15, 0.2) is 5.43 Å². The maximum absolute atomic E-state index is 13.1. The van der Waals surface area contributed by atoms with Crippen LogP contribution in [0.25, 0.3) is 10.9 Å². The standard InChI is InChI=1S/C20H24N2O3/c1-4-20(5-2)9-8-16(23)22-11-14-17(19(20)22)21-15-7-6-12(25-3)10-13(15)18(14)24/h6-7,10,19H,4-5,8-9,11H2,1-3H3,(H,21,24). The molecule has 0 saturated carbocycles. The predicted molar refractivity (Wildman–Crippen MR) is 96.7 cm³/mol. The fourth-order valence-electron chi connectivity index (χ4n) is 4.76. The van der Waals surface area contributed by atoms with Crippen LogP contribution in [0.3, 0.4) is 0 Å². The van der Waals surface area contributed by atoms with Gasteiger partial charge in [0.25, 0.3) is 0 Å². The summed E-state index contributed by atoms with van der Waals surface area (Å²) >= 11 is 0. The molecule has 3 heterocycles. The number of carbonyl (C=O) groups excluding carboxylic acids is 1. The summed E-state index contributed by atoms with van der Waals surface area (Å²) in [5, 5.41) is 0.629. The number of piperidine rings is 1. The van der Waals surface area contributed by atoms with E-state index in [9.17, 15) is 9.59 Å². The lowest BCUT2D eigenvalue weighted by Gasteiger charge is -2.46. The fraction of sp³-hybridized carbons (Fsp3) is 0.500. The van der Waals surface area contributed by atoms with Gasteiger partial charge in [0.05, 0.1) is 19.7 Å². The first-order valence-corrected chi connectivity index (χ1v) is 9.07. The van der Waals surface area contributed by atoms with Crippen LogP contribution in [0.2, 0.25) is 0 Å². The molecule has 0 bridgehead atoms. The van der Waals surface area contributed by atoms with Crippen molar-refractivity contribution < 1.29 is 9.53 Å². The number of fused-ring (bicyclic) bond motifs is 4. The van der Waals surface area contributed by atoms with Crippen LogP contribution in [0, 0.1) is 5.41 Å². The molecule has 0 spiro atoms. The Hall–Kier alpha value is -2.30. The van der Waals surface area contributed by atoms with Crippen molar-refractivity contribution in [3.8, 4) is 5.75 Å². The average Bonchev–Trinajstić information content (AvgIpc) is 3.04. The number of hydrogen-bond acceptors (Lipinski definition) is 3. The summed E-state index contributed by atoms with van der Waals surface area (Å²) in [6.07, 6.45) is 3.47. The molecular formula is C20H24N2O3. The first-order chi connectivity index (χ1) is 12.0. The van der Waals surface area contributed by atoms with Crippen LogP contribution >= 0.6 is 0 Å². The molecule has 1 aromatic heterocycles. The van der Waals surface area contributed by atoms with Gasteiger partial charge in [-0.1, -0.05) is 13.8 Å². The van der Waals surface area contributed by atoms with Crippen molar-refractivity contribution in [2.75, 3.05) is 7.11 Å². The number of ether oxygens (including phenoxy) is 1. The highest BCUT2D eigenvalue weighted by Gasteiger charge is 2.50. The van der Waals surface area contributed by atoms with Gasteiger partial charge in [-0.3, -0.25) is 9.59 Å². The summed E-state index contributed by atoms with van der Waals surface area (Å²) < 4.78 is 5.26. The van der Waals surface area contributed by atoms with Crippen LogP contribution in [0.15, 0.2) is 23.0 Å². The van der Waals surface area contributed by atoms with E-state index < -0.39 is 0 Å². The Bertz CT molecular complexity index is 911. The Morgan fingerprint density at radius 3 is 2.72 bits per heavy atom. The lowest BCUT2D eigenvalue weighted by molar-refractivity contribution is -0.143. The maximum atomic E-state index is 13.1.